The molecule has 21 heavy (non-hydrogen) atoms. The molecule has 0 aliphatic heterocycles. The molecule has 0 amide bonds. The third kappa shape index (κ3) is 4.30. The summed E-state index contributed by atoms with van der Waals surface area (Å²) in [6.07, 6.45) is 0.728. The molecule has 1 heterocycles. The summed E-state index contributed by atoms with van der Waals surface area (Å²) in [6, 6.07) is 7.10. The van der Waals surface area contributed by atoms with Crippen LogP contribution in [0.2, 0.25) is 20.1 Å². The number of nitrogens with one attached hydrogen (secondary N) is 2. The highest BCUT2D eigenvalue weighted by Crippen LogP contribution is 2.29. The van der Waals surface area contributed by atoms with Crippen LogP contribution in [-0.4, -0.2) is 18.6 Å². The molecule has 0 aliphatic rings. The molecule has 0 bridgehead atoms. The van der Waals surface area contributed by atoms with E-state index in [4.69, 9.17) is 46.4 Å². The molecule has 0 atom stereocenters. The number of anilines is 2. The van der Waals surface area contributed by atoms with Gasteiger partial charge in [0.15, 0.2) is 0 Å². The van der Waals surface area contributed by atoms with E-state index in [9.17, 15) is 0 Å². The van der Waals surface area contributed by atoms with Crippen molar-refractivity contribution in [3.05, 3.63) is 49.9 Å². The molecular formula is C14H13Cl4N3. The van der Waals surface area contributed by atoms with Gasteiger partial charge in [0.1, 0.15) is 11.6 Å². The van der Waals surface area contributed by atoms with Crippen molar-refractivity contribution in [3.63, 3.8) is 0 Å². The zero-order valence-electron chi connectivity index (χ0n) is 11.2. The lowest BCUT2D eigenvalue weighted by molar-refractivity contribution is 1.01. The maximum atomic E-state index is 6.13. The number of hydrogen-bond donors (Lipinski definition) is 2. The topological polar surface area (TPSA) is 37.0 Å². The van der Waals surface area contributed by atoms with Gasteiger partial charge in [-0.25, -0.2) is 4.98 Å². The molecule has 0 spiro atoms. The second kappa shape index (κ2) is 7.41. The summed E-state index contributed by atoms with van der Waals surface area (Å²) in [7, 11) is 1.75. The summed E-state index contributed by atoms with van der Waals surface area (Å²) in [4.78, 5) is 4.32. The highest BCUT2D eigenvalue weighted by Gasteiger charge is 2.08. The number of benzene rings is 1. The largest absolute Gasteiger partial charge is 0.372 e. The molecule has 0 fully saturated rings. The zero-order chi connectivity index (χ0) is 15.4. The van der Waals surface area contributed by atoms with E-state index in [2.05, 4.69) is 15.6 Å². The number of rotatable bonds is 5. The molecule has 3 nitrogen and oxygen atoms in total. The third-order valence-electron chi connectivity index (χ3n) is 2.87. The Morgan fingerprint density at radius 3 is 2.33 bits per heavy atom. The van der Waals surface area contributed by atoms with Crippen LogP contribution in [-0.2, 0) is 6.42 Å². The molecule has 1 aromatic carbocycles. The van der Waals surface area contributed by atoms with Gasteiger partial charge in [0.2, 0.25) is 0 Å². The average molecular weight is 365 g/mol. The summed E-state index contributed by atoms with van der Waals surface area (Å²) in [5.41, 5.74) is 1.01. The van der Waals surface area contributed by atoms with E-state index in [1.165, 1.54) is 0 Å². The molecule has 7 heteroatoms. The lowest BCUT2D eigenvalue weighted by Gasteiger charge is -2.11. The lowest BCUT2D eigenvalue weighted by Crippen LogP contribution is -2.08. The highest BCUT2D eigenvalue weighted by atomic mass is 35.5. The normalized spacial score (nSPS) is 10.5. The molecule has 0 saturated heterocycles. The fourth-order valence-electron chi connectivity index (χ4n) is 1.81. The number of aromatic nitrogens is 1. The van der Waals surface area contributed by atoms with Crippen LogP contribution in [0, 0.1) is 0 Å². The Bertz CT molecular complexity index is 646. The molecule has 0 saturated carbocycles. The molecule has 2 N–H and O–H groups in total. The predicted molar refractivity (Wildman–Crippen MR) is 92.5 cm³/mol. The number of halogens is 4. The Kier molecular flexibility index (Phi) is 5.82. The maximum absolute atomic E-state index is 6.13. The first-order chi connectivity index (χ1) is 10.0. The standard InChI is InChI=1S/C14H13Cl4N3/c1-19-13-11(17)7-12(18)14(21-13)20-5-4-8-2-3-9(15)6-10(8)16/h2-3,6-7H,4-5H2,1H3,(H2,19,20,21). The quantitative estimate of drug-likeness (QED) is 0.746. The molecule has 2 aromatic rings. The van der Waals surface area contributed by atoms with Crippen LogP contribution < -0.4 is 10.6 Å². The molecule has 0 aliphatic carbocycles. The van der Waals surface area contributed by atoms with Gasteiger partial charge in [0.25, 0.3) is 0 Å². The summed E-state index contributed by atoms with van der Waals surface area (Å²) in [5, 5.41) is 8.31. The minimum absolute atomic E-state index is 0.473. The third-order valence-corrected chi connectivity index (χ3v) is 4.03. The second-order valence-electron chi connectivity index (χ2n) is 4.31. The molecular weight excluding hydrogens is 352 g/mol. The van der Waals surface area contributed by atoms with Gasteiger partial charge in [0, 0.05) is 23.6 Å². The minimum atomic E-state index is 0.473. The first-order valence-corrected chi connectivity index (χ1v) is 7.74. The molecule has 1 aromatic heterocycles. The number of pyridine rings is 1. The lowest BCUT2D eigenvalue weighted by atomic mass is 10.1. The van der Waals surface area contributed by atoms with Crippen molar-refractivity contribution in [2.75, 3.05) is 24.2 Å². The second-order valence-corrected chi connectivity index (χ2v) is 5.97. The Morgan fingerprint density at radius 1 is 0.952 bits per heavy atom. The molecule has 112 valence electrons. The van der Waals surface area contributed by atoms with Crippen LogP contribution in [0.3, 0.4) is 0 Å². The van der Waals surface area contributed by atoms with Crippen molar-refractivity contribution >= 4 is 58.0 Å². The first kappa shape index (κ1) is 16.5. The molecule has 0 unspecified atom stereocenters. The van der Waals surface area contributed by atoms with Gasteiger partial charge in [-0.05, 0) is 30.2 Å². The summed E-state index contributed by atoms with van der Waals surface area (Å²) in [6.45, 7) is 0.638. The fourth-order valence-corrected chi connectivity index (χ4v) is 2.83. The first-order valence-electron chi connectivity index (χ1n) is 6.23. The number of hydrogen-bond acceptors (Lipinski definition) is 3. The molecule has 2 rings (SSSR count). The van der Waals surface area contributed by atoms with E-state index in [1.807, 2.05) is 12.1 Å². The fraction of sp³-hybridized carbons (Fsp3) is 0.214. The maximum Gasteiger partial charge on any atom is 0.147 e. The van der Waals surface area contributed by atoms with Gasteiger partial charge in [-0.15, -0.1) is 0 Å². The van der Waals surface area contributed by atoms with Crippen LogP contribution in [0.25, 0.3) is 0 Å². The van der Waals surface area contributed by atoms with Crippen LogP contribution in [0.1, 0.15) is 5.56 Å². The van der Waals surface area contributed by atoms with Gasteiger partial charge in [0.05, 0.1) is 10.0 Å². The van der Waals surface area contributed by atoms with Gasteiger partial charge >= 0.3 is 0 Å². The van der Waals surface area contributed by atoms with E-state index in [-0.39, 0.29) is 0 Å². The van der Waals surface area contributed by atoms with Gasteiger partial charge in [-0.1, -0.05) is 52.5 Å². The van der Waals surface area contributed by atoms with Crippen molar-refractivity contribution in [2.45, 2.75) is 6.42 Å². The highest BCUT2D eigenvalue weighted by molar-refractivity contribution is 6.37. The summed E-state index contributed by atoms with van der Waals surface area (Å²) in [5.74, 6) is 1.16. The van der Waals surface area contributed by atoms with Crippen molar-refractivity contribution < 1.29 is 0 Å². The van der Waals surface area contributed by atoms with Crippen molar-refractivity contribution in [1.29, 1.82) is 0 Å². The van der Waals surface area contributed by atoms with E-state index in [0.29, 0.717) is 38.3 Å². The zero-order valence-corrected chi connectivity index (χ0v) is 14.2. The molecule has 0 radical (unpaired) electrons. The van der Waals surface area contributed by atoms with Gasteiger partial charge < -0.3 is 10.6 Å². The van der Waals surface area contributed by atoms with Gasteiger partial charge in [-0.2, -0.15) is 0 Å². The van der Waals surface area contributed by atoms with E-state index in [0.717, 1.165) is 12.0 Å². The van der Waals surface area contributed by atoms with E-state index < -0.39 is 0 Å². The van der Waals surface area contributed by atoms with Crippen LogP contribution in [0.5, 0.6) is 0 Å². The Balaban J connectivity index is 2.03. The van der Waals surface area contributed by atoms with Crippen LogP contribution in [0.15, 0.2) is 24.3 Å². The smallest absolute Gasteiger partial charge is 0.147 e. The monoisotopic (exact) mass is 363 g/mol. The average Bonchev–Trinajstić information content (AvgIpc) is 2.43. The summed E-state index contributed by atoms with van der Waals surface area (Å²) < 4.78 is 0. The van der Waals surface area contributed by atoms with Crippen LogP contribution in [0.4, 0.5) is 11.6 Å². The Labute approximate surface area is 143 Å². The van der Waals surface area contributed by atoms with E-state index in [1.54, 1.807) is 19.2 Å². The Hall–Kier alpha value is -0.870. The predicted octanol–water partition coefficient (Wildman–Crippen LogP) is 5.39. The minimum Gasteiger partial charge on any atom is -0.372 e. The van der Waals surface area contributed by atoms with Crippen molar-refractivity contribution in [1.82, 2.24) is 4.98 Å². The van der Waals surface area contributed by atoms with Gasteiger partial charge in [-0.3, -0.25) is 0 Å². The van der Waals surface area contributed by atoms with Crippen molar-refractivity contribution in [3.8, 4) is 0 Å². The number of nitrogens with zero attached hydrogens (tertiary/aromatic N) is 1. The van der Waals surface area contributed by atoms with E-state index >= 15 is 0 Å². The SMILES string of the molecule is CNc1nc(NCCc2ccc(Cl)cc2Cl)c(Cl)cc1Cl. The Morgan fingerprint density at radius 2 is 1.67 bits per heavy atom. The van der Waals surface area contributed by atoms with Crippen molar-refractivity contribution in [2.24, 2.45) is 0 Å². The van der Waals surface area contributed by atoms with Crippen LogP contribution >= 0.6 is 46.4 Å². The summed E-state index contributed by atoms with van der Waals surface area (Å²) >= 11 is 24.1.